The number of rotatable bonds is 5. The molecule has 1 saturated carbocycles. The Bertz CT molecular complexity index is 1350. The van der Waals surface area contributed by atoms with Gasteiger partial charge in [-0.2, -0.15) is 4.68 Å². The topological polar surface area (TPSA) is 135 Å². The van der Waals surface area contributed by atoms with Crippen molar-refractivity contribution in [3.63, 3.8) is 0 Å². The molecule has 2 fully saturated rings. The first kappa shape index (κ1) is 25.8. The number of amides is 2. The van der Waals surface area contributed by atoms with Gasteiger partial charge in [-0.3, -0.25) is 9.36 Å². The quantitative estimate of drug-likeness (QED) is 0.546. The summed E-state index contributed by atoms with van der Waals surface area (Å²) in [5, 5.41) is 11.5. The summed E-state index contributed by atoms with van der Waals surface area (Å²) in [4.78, 5) is 50.9. The number of nitrogens with one attached hydrogen (secondary N) is 2. The second-order valence-corrected chi connectivity index (χ2v) is 10.8. The molecule has 2 aliphatic rings. The number of aromatic nitrogens is 2. The van der Waals surface area contributed by atoms with E-state index in [2.05, 4.69) is 5.32 Å². The highest BCUT2D eigenvalue weighted by Crippen LogP contribution is 2.42. The minimum atomic E-state index is -1.60. The van der Waals surface area contributed by atoms with E-state index in [0.29, 0.717) is 37.2 Å². The van der Waals surface area contributed by atoms with Gasteiger partial charge in [-0.05, 0) is 51.5 Å². The molecule has 2 unspecified atom stereocenters. The lowest BCUT2D eigenvalue weighted by Gasteiger charge is -2.24. The van der Waals surface area contributed by atoms with E-state index in [1.54, 1.807) is 31.1 Å². The summed E-state index contributed by atoms with van der Waals surface area (Å²) in [6.45, 7) is 8.42. The summed E-state index contributed by atoms with van der Waals surface area (Å²) < 4.78 is 22.3. The number of carbonyl (C=O) groups is 2. The van der Waals surface area contributed by atoms with Crippen molar-refractivity contribution in [2.45, 2.75) is 52.2 Å². The van der Waals surface area contributed by atoms with Crippen LogP contribution in [-0.4, -0.2) is 51.8 Å². The molecule has 196 valence electrons. The van der Waals surface area contributed by atoms with Crippen LogP contribution in [0, 0.1) is 17.7 Å². The molecule has 1 aliphatic heterocycles. The molecule has 1 aromatic carbocycles. The molecule has 0 spiro atoms. The van der Waals surface area contributed by atoms with Gasteiger partial charge in [0.05, 0.1) is 21.6 Å². The molecule has 2 atom stereocenters. The van der Waals surface area contributed by atoms with Gasteiger partial charge in [-0.1, -0.05) is 18.5 Å². The number of halogens is 2. The fourth-order valence-electron chi connectivity index (χ4n) is 4.57. The van der Waals surface area contributed by atoms with Gasteiger partial charge >= 0.3 is 17.9 Å². The van der Waals surface area contributed by atoms with Crippen molar-refractivity contribution in [1.29, 1.82) is 0 Å². The van der Waals surface area contributed by atoms with E-state index in [1.165, 1.54) is 4.57 Å². The van der Waals surface area contributed by atoms with Crippen molar-refractivity contribution in [2.75, 3.05) is 30.0 Å². The predicted octanol–water partition coefficient (Wildman–Crippen LogP) is 3.11. The lowest BCUT2D eigenvalue weighted by atomic mass is 9.98. The van der Waals surface area contributed by atoms with Crippen molar-refractivity contribution in [3.05, 3.63) is 37.7 Å². The van der Waals surface area contributed by atoms with E-state index >= 15 is 4.39 Å². The van der Waals surface area contributed by atoms with E-state index < -0.39 is 34.9 Å². The Morgan fingerprint density at radius 2 is 1.92 bits per heavy atom. The van der Waals surface area contributed by atoms with Gasteiger partial charge in [0.15, 0.2) is 0 Å². The van der Waals surface area contributed by atoms with Crippen LogP contribution in [0.5, 0.6) is 0 Å². The van der Waals surface area contributed by atoms with E-state index in [4.69, 9.17) is 21.4 Å². The number of benzene rings is 1. The Hall–Kier alpha value is -3.28. The summed E-state index contributed by atoms with van der Waals surface area (Å²) in [7, 11) is 0. The van der Waals surface area contributed by atoms with Crippen LogP contribution in [0.3, 0.4) is 0 Å². The zero-order chi connectivity index (χ0) is 26.5. The third-order valence-corrected chi connectivity index (χ3v) is 6.71. The molecule has 2 amide bonds. The average Bonchev–Trinajstić information content (AvgIpc) is 3.52. The number of carboxylic acid groups (broad SMARTS) is 1. The molecule has 1 saturated heterocycles. The molecule has 2 aromatic rings. The zero-order valence-electron chi connectivity index (χ0n) is 20.4. The fraction of sp³-hybridized carbons (Fsp3) is 0.565. The molecule has 2 heterocycles. The van der Waals surface area contributed by atoms with Crippen LogP contribution in [0.2, 0.25) is 5.02 Å². The van der Waals surface area contributed by atoms with Crippen LogP contribution in [0.15, 0.2) is 15.7 Å². The van der Waals surface area contributed by atoms with Crippen molar-refractivity contribution >= 4 is 40.4 Å². The molecule has 11 nitrogen and oxygen atoms in total. The van der Waals surface area contributed by atoms with Crippen LogP contribution in [0.25, 0.3) is 10.9 Å². The summed E-state index contributed by atoms with van der Waals surface area (Å²) in [5.74, 6) is -0.716. The van der Waals surface area contributed by atoms with E-state index in [9.17, 15) is 19.2 Å². The van der Waals surface area contributed by atoms with Gasteiger partial charge in [0.1, 0.15) is 11.4 Å². The van der Waals surface area contributed by atoms with Crippen LogP contribution < -0.4 is 26.9 Å². The summed E-state index contributed by atoms with van der Waals surface area (Å²) in [6, 6.07) is 0.718. The second kappa shape index (κ2) is 9.30. The minimum Gasteiger partial charge on any atom is -0.464 e. The van der Waals surface area contributed by atoms with Crippen LogP contribution in [-0.2, 0) is 4.74 Å². The van der Waals surface area contributed by atoms with E-state index in [-0.39, 0.29) is 39.5 Å². The SMILES string of the molecule is CC1CN(c2c(F)cc3c(=O)n(NC(=O)O)c(=O)n(C4CC4)c3c2Cl)CC1CNC(=O)OC(C)(C)C. The molecule has 0 bridgehead atoms. The maximum Gasteiger partial charge on any atom is 0.424 e. The smallest absolute Gasteiger partial charge is 0.424 e. The van der Waals surface area contributed by atoms with Crippen molar-refractivity contribution < 1.29 is 23.8 Å². The zero-order valence-corrected chi connectivity index (χ0v) is 21.2. The number of ether oxygens (including phenoxy) is 1. The Morgan fingerprint density at radius 3 is 2.50 bits per heavy atom. The van der Waals surface area contributed by atoms with Crippen molar-refractivity contribution in [1.82, 2.24) is 14.6 Å². The Labute approximate surface area is 210 Å². The van der Waals surface area contributed by atoms with Gasteiger partial charge in [-0.15, -0.1) is 0 Å². The number of hydrogen-bond acceptors (Lipinski definition) is 6. The molecule has 36 heavy (non-hydrogen) atoms. The molecule has 1 aliphatic carbocycles. The number of anilines is 1. The normalized spacial score (nSPS) is 20.0. The second-order valence-electron chi connectivity index (χ2n) is 10.4. The third kappa shape index (κ3) is 4.99. The molecular weight excluding hydrogens is 497 g/mol. The average molecular weight is 526 g/mol. The molecular formula is C23H29ClFN5O6. The number of carbonyl (C=O) groups excluding carboxylic acids is 1. The fourth-order valence-corrected chi connectivity index (χ4v) is 4.98. The van der Waals surface area contributed by atoms with Crippen LogP contribution >= 0.6 is 11.6 Å². The lowest BCUT2D eigenvalue weighted by molar-refractivity contribution is 0.0518. The molecule has 4 rings (SSSR count). The van der Waals surface area contributed by atoms with Gasteiger partial charge in [-0.25, -0.2) is 24.2 Å². The minimum absolute atomic E-state index is 0.0259. The van der Waals surface area contributed by atoms with Gasteiger partial charge in [0.25, 0.3) is 5.56 Å². The Balaban J connectivity index is 1.70. The number of fused-ring (bicyclic) bond motifs is 1. The summed E-state index contributed by atoms with van der Waals surface area (Å²) in [5.41, 5.74) is -0.593. The third-order valence-electron chi connectivity index (χ3n) is 6.35. The molecule has 13 heteroatoms. The standard InChI is InChI=1S/C23H29ClFN5O6/c1-11-9-28(10-12(11)8-26-21(34)36-23(2,3)4)18-15(25)7-14-17(16(18)24)29(13-5-6-13)22(35)30(19(14)31)27-20(32)33/h7,11-13,27H,5-6,8-10H2,1-4H3,(H,26,34)(H,32,33). The monoisotopic (exact) mass is 525 g/mol. The van der Waals surface area contributed by atoms with Crippen molar-refractivity contribution in [3.8, 4) is 0 Å². The van der Waals surface area contributed by atoms with E-state index in [1.807, 2.05) is 6.92 Å². The first-order valence-corrected chi connectivity index (χ1v) is 12.1. The maximum absolute atomic E-state index is 15.4. The molecule has 1 aromatic heterocycles. The summed E-state index contributed by atoms with van der Waals surface area (Å²) in [6.07, 6.45) is -0.857. The van der Waals surface area contributed by atoms with Gasteiger partial charge < -0.3 is 20.1 Å². The first-order chi connectivity index (χ1) is 16.8. The Kier molecular flexibility index (Phi) is 6.67. The number of nitrogens with zero attached hydrogens (tertiary/aromatic N) is 3. The molecule has 0 radical (unpaired) electrons. The first-order valence-electron chi connectivity index (χ1n) is 11.7. The summed E-state index contributed by atoms with van der Waals surface area (Å²) >= 11 is 6.69. The highest BCUT2D eigenvalue weighted by molar-refractivity contribution is 6.38. The number of hydrogen-bond donors (Lipinski definition) is 3. The van der Waals surface area contributed by atoms with E-state index in [0.717, 1.165) is 6.07 Å². The highest BCUT2D eigenvalue weighted by atomic mass is 35.5. The van der Waals surface area contributed by atoms with Crippen LogP contribution in [0.4, 0.5) is 19.7 Å². The lowest BCUT2D eigenvalue weighted by Crippen LogP contribution is -2.46. The predicted molar refractivity (Wildman–Crippen MR) is 132 cm³/mol. The molecule has 3 N–H and O–H groups in total. The van der Waals surface area contributed by atoms with Gasteiger partial charge in [0.2, 0.25) is 0 Å². The van der Waals surface area contributed by atoms with Crippen molar-refractivity contribution in [2.24, 2.45) is 11.8 Å². The Morgan fingerprint density at radius 1 is 1.25 bits per heavy atom. The highest BCUT2D eigenvalue weighted by Gasteiger charge is 2.36. The maximum atomic E-state index is 15.4. The largest absolute Gasteiger partial charge is 0.464 e. The van der Waals surface area contributed by atoms with Crippen LogP contribution in [0.1, 0.15) is 46.6 Å². The van der Waals surface area contributed by atoms with Gasteiger partial charge in [0, 0.05) is 25.7 Å². The number of alkyl carbamates (subject to hydrolysis) is 1.